The molecule has 82 valence electrons. The molecule has 0 radical (unpaired) electrons. The summed E-state index contributed by atoms with van der Waals surface area (Å²) < 4.78 is 5.79. The Hall–Kier alpha value is -0.550. The van der Waals surface area contributed by atoms with E-state index >= 15 is 0 Å². The normalized spacial score (nSPS) is 56.7. The summed E-state index contributed by atoms with van der Waals surface area (Å²) in [6.07, 6.45) is 5.92. The molecule has 15 heavy (non-hydrogen) atoms. The van der Waals surface area contributed by atoms with E-state index in [-0.39, 0.29) is 11.0 Å². The summed E-state index contributed by atoms with van der Waals surface area (Å²) in [7, 11) is 1.85. The first-order valence-electron chi connectivity index (χ1n) is 6.08. The zero-order valence-electron chi connectivity index (χ0n) is 9.62. The molecule has 0 spiro atoms. The highest BCUT2D eigenvalue weighted by molar-refractivity contribution is 5.17. The van der Waals surface area contributed by atoms with Crippen LogP contribution in [-0.2, 0) is 4.74 Å². The van der Waals surface area contributed by atoms with Gasteiger partial charge in [-0.25, -0.2) is 0 Å². The van der Waals surface area contributed by atoms with Crippen LogP contribution in [0.5, 0.6) is 0 Å². The first-order valence-corrected chi connectivity index (χ1v) is 6.08. The van der Waals surface area contributed by atoms with Crippen molar-refractivity contribution in [1.82, 2.24) is 0 Å². The monoisotopic (exact) mass is 205 g/mol. The van der Waals surface area contributed by atoms with Gasteiger partial charge in [-0.15, -0.1) is 0 Å². The number of hydrogen-bond donors (Lipinski definition) is 0. The molecular weight excluding hydrogens is 186 g/mol. The molecule has 4 saturated carbocycles. The second-order valence-corrected chi connectivity index (χ2v) is 6.12. The summed E-state index contributed by atoms with van der Waals surface area (Å²) >= 11 is 0. The van der Waals surface area contributed by atoms with Crippen LogP contribution in [0, 0.1) is 34.5 Å². The van der Waals surface area contributed by atoms with Crippen LogP contribution in [0.15, 0.2) is 0 Å². The van der Waals surface area contributed by atoms with E-state index in [0.29, 0.717) is 11.8 Å². The van der Waals surface area contributed by atoms with Crippen LogP contribution in [0.2, 0.25) is 0 Å². The molecule has 0 saturated heterocycles. The molecule has 0 aromatic rings. The largest absolute Gasteiger partial charge is 0.378 e. The third kappa shape index (κ3) is 1.08. The van der Waals surface area contributed by atoms with E-state index in [4.69, 9.17) is 4.74 Å². The second-order valence-electron chi connectivity index (χ2n) is 6.12. The molecule has 0 heterocycles. The smallest absolute Gasteiger partial charge is 0.0708 e. The molecule has 0 N–H and O–H groups in total. The highest BCUT2D eigenvalue weighted by atomic mass is 16.5. The van der Waals surface area contributed by atoms with Crippen molar-refractivity contribution in [3.63, 3.8) is 0 Å². The van der Waals surface area contributed by atoms with Gasteiger partial charge in [-0.3, -0.25) is 0 Å². The number of hydrogen-bond acceptors (Lipinski definition) is 2. The Bertz CT molecular complexity index is 314. The fraction of sp³-hybridized carbons (Fsp3) is 0.923. The lowest BCUT2D eigenvalue weighted by atomic mass is 9.45. The maximum Gasteiger partial charge on any atom is 0.0708 e. The SMILES string of the molecule is COC1(C)C2CC3CC1CC(C#N)(C3)C2. The second kappa shape index (κ2) is 2.77. The van der Waals surface area contributed by atoms with E-state index in [1.54, 1.807) is 0 Å². The average Bonchev–Trinajstić information content (AvgIpc) is 2.25. The molecule has 0 aromatic heterocycles. The van der Waals surface area contributed by atoms with Gasteiger partial charge in [-0.1, -0.05) is 0 Å². The highest BCUT2D eigenvalue weighted by Crippen LogP contribution is 2.64. The zero-order valence-corrected chi connectivity index (χ0v) is 9.62. The van der Waals surface area contributed by atoms with Gasteiger partial charge < -0.3 is 4.74 Å². The molecule has 0 aliphatic heterocycles. The van der Waals surface area contributed by atoms with Gasteiger partial charge in [0.05, 0.1) is 17.1 Å². The Morgan fingerprint density at radius 3 is 2.27 bits per heavy atom. The maximum absolute atomic E-state index is 9.38. The molecule has 0 amide bonds. The fourth-order valence-electron chi connectivity index (χ4n) is 4.66. The third-order valence-electron chi connectivity index (χ3n) is 5.49. The molecule has 4 fully saturated rings. The van der Waals surface area contributed by atoms with Crippen LogP contribution in [0.4, 0.5) is 0 Å². The van der Waals surface area contributed by atoms with Crippen molar-refractivity contribution in [1.29, 1.82) is 5.26 Å². The van der Waals surface area contributed by atoms with Gasteiger partial charge in [0.2, 0.25) is 0 Å². The van der Waals surface area contributed by atoms with Gasteiger partial charge in [0.1, 0.15) is 0 Å². The Labute approximate surface area is 91.6 Å². The number of rotatable bonds is 1. The topological polar surface area (TPSA) is 33.0 Å². The van der Waals surface area contributed by atoms with E-state index in [1.807, 2.05) is 7.11 Å². The van der Waals surface area contributed by atoms with Crippen LogP contribution in [-0.4, -0.2) is 12.7 Å². The van der Waals surface area contributed by atoms with Crippen molar-refractivity contribution in [3.05, 3.63) is 0 Å². The maximum atomic E-state index is 9.38. The molecular formula is C13H19NO. The fourth-order valence-corrected chi connectivity index (χ4v) is 4.66. The van der Waals surface area contributed by atoms with Gasteiger partial charge in [-0.2, -0.15) is 5.26 Å². The Morgan fingerprint density at radius 2 is 1.80 bits per heavy atom. The lowest BCUT2D eigenvalue weighted by molar-refractivity contribution is -0.193. The van der Waals surface area contributed by atoms with Crippen LogP contribution >= 0.6 is 0 Å². The van der Waals surface area contributed by atoms with Crippen molar-refractivity contribution in [2.45, 2.75) is 44.6 Å². The van der Waals surface area contributed by atoms with E-state index in [0.717, 1.165) is 25.2 Å². The summed E-state index contributed by atoms with van der Waals surface area (Å²) in [5, 5.41) is 9.38. The van der Waals surface area contributed by atoms with Crippen molar-refractivity contribution < 1.29 is 4.74 Å². The van der Waals surface area contributed by atoms with Crippen molar-refractivity contribution in [2.24, 2.45) is 23.2 Å². The Morgan fingerprint density at radius 1 is 1.20 bits per heavy atom. The van der Waals surface area contributed by atoms with Crippen molar-refractivity contribution in [3.8, 4) is 6.07 Å². The minimum Gasteiger partial charge on any atom is -0.378 e. The van der Waals surface area contributed by atoms with Crippen molar-refractivity contribution >= 4 is 0 Å². The van der Waals surface area contributed by atoms with Gasteiger partial charge in [-0.05, 0) is 56.8 Å². The minimum absolute atomic E-state index is 0.0224. The molecule has 4 rings (SSSR count). The lowest BCUT2D eigenvalue weighted by Crippen LogP contribution is -2.60. The molecule has 2 nitrogen and oxygen atoms in total. The molecule has 2 unspecified atom stereocenters. The van der Waals surface area contributed by atoms with E-state index in [1.165, 1.54) is 12.8 Å². The average molecular weight is 205 g/mol. The number of ether oxygens (including phenoxy) is 1. The molecule has 4 bridgehead atoms. The standard InChI is InChI=1S/C13H19NO/c1-12(15-2)10-3-9-4-11(12)7-13(5-9,6-10)8-14/h9-11H,3-7H2,1-2H3. The van der Waals surface area contributed by atoms with E-state index in [9.17, 15) is 5.26 Å². The zero-order chi connectivity index (χ0) is 10.7. The van der Waals surface area contributed by atoms with Gasteiger partial charge >= 0.3 is 0 Å². The Balaban J connectivity index is 1.99. The summed E-state index contributed by atoms with van der Waals surface area (Å²) in [6.45, 7) is 2.27. The van der Waals surface area contributed by atoms with Crippen molar-refractivity contribution in [2.75, 3.05) is 7.11 Å². The summed E-state index contributed by atoms with van der Waals surface area (Å²) in [5.41, 5.74) is 0.0891. The third-order valence-corrected chi connectivity index (χ3v) is 5.49. The number of nitriles is 1. The summed E-state index contributed by atoms with van der Waals surface area (Å²) in [4.78, 5) is 0. The minimum atomic E-state index is 0.0224. The first kappa shape index (κ1) is 9.66. The Kier molecular flexibility index (Phi) is 1.78. The molecule has 4 aliphatic rings. The van der Waals surface area contributed by atoms with Gasteiger partial charge in [0.15, 0.2) is 0 Å². The lowest BCUT2D eigenvalue weighted by Gasteiger charge is -2.61. The van der Waals surface area contributed by atoms with Crippen LogP contribution < -0.4 is 0 Å². The predicted octanol–water partition coefficient (Wildman–Crippen LogP) is 2.74. The summed E-state index contributed by atoms with van der Waals surface area (Å²) in [6, 6.07) is 2.62. The quantitative estimate of drug-likeness (QED) is 0.659. The first-order chi connectivity index (χ1) is 7.12. The van der Waals surface area contributed by atoms with Gasteiger partial charge in [0.25, 0.3) is 0 Å². The molecule has 4 aliphatic carbocycles. The summed E-state index contributed by atoms with van der Waals surface area (Å²) in [5.74, 6) is 2.08. The number of nitrogens with zero attached hydrogens (tertiary/aromatic N) is 1. The molecule has 2 atom stereocenters. The van der Waals surface area contributed by atoms with Crippen LogP contribution in [0.1, 0.15) is 39.0 Å². The number of methoxy groups -OCH3 is 1. The molecule has 2 heteroatoms. The van der Waals surface area contributed by atoms with E-state index < -0.39 is 0 Å². The highest BCUT2D eigenvalue weighted by Gasteiger charge is 2.60. The van der Waals surface area contributed by atoms with Crippen LogP contribution in [0.3, 0.4) is 0 Å². The van der Waals surface area contributed by atoms with E-state index in [2.05, 4.69) is 13.0 Å². The van der Waals surface area contributed by atoms with Gasteiger partial charge in [0, 0.05) is 7.11 Å². The van der Waals surface area contributed by atoms with Crippen LogP contribution in [0.25, 0.3) is 0 Å². The predicted molar refractivity (Wildman–Crippen MR) is 57.0 cm³/mol. The molecule has 0 aromatic carbocycles.